The Bertz CT molecular complexity index is 1230. The summed E-state index contributed by atoms with van der Waals surface area (Å²) in [7, 11) is 0. The molecular weight excluding hydrogens is 362 g/mol. The van der Waals surface area contributed by atoms with Gasteiger partial charge in [0.1, 0.15) is 0 Å². The summed E-state index contributed by atoms with van der Waals surface area (Å²) in [6, 6.07) is 30.1. The van der Waals surface area contributed by atoms with E-state index in [4.69, 9.17) is 5.73 Å². The van der Waals surface area contributed by atoms with Crippen LogP contribution in [0.5, 0.6) is 0 Å². The zero-order valence-corrected chi connectivity index (χ0v) is 17.9. The molecule has 0 radical (unpaired) electrons. The monoisotopic (exact) mass is 389 g/mol. The van der Waals surface area contributed by atoms with Crippen molar-refractivity contribution in [2.75, 3.05) is 5.73 Å². The quantitative estimate of drug-likeness (QED) is 0.311. The van der Waals surface area contributed by atoms with E-state index in [1.165, 1.54) is 50.1 Å². The second-order valence-corrected chi connectivity index (χ2v) is 9.21. The van der Waals surface area contributed by atoms with Crippen LogP contribution >= 0.6 is 0 Å². The van der Waals surface area contributed by atoms with Gasteiger partial charge in [-0.15, -0.1) is 0 Å². The highest BCUT2D eigenvalue weighted by Gasteiger charge is 2.34. The molecule has 1 heteroatoms. The van der Waals surface area contributed by atoms with Gasteiger partial charge in [-0.1, -0.05) is 106 Å². The van der Waals surface area contributed by atoms with Gasteiger partial charge in [0.2, 0.25) is 0 Å². The fourth-order valence-corrected chi connectivity index (χ4v) is 4.96. The highest BCUT2D eigenvalue weighted by molar-refractivity contribution is 6.02. The molecule has 5 rings (SSSR count). The number of hydrogen-bond donors (Lipinski definition) is 1. The Morgan fingerprint density at radius 1 is 0.633 bits per heavy atom. The maximum Gasteiger partial charge on any atom is 0.0442 e. The summed E-state index contributed by atoms with van der Waals surface area (Å²) in [5.74, 6) is 0. The van der Waals surface area contributed by atoms with Crippen LogP contribution in [0, 0.1) is 0 Å². The summed E-state index contributed by atoms with van der Waals surface area (Å²) in [5, 5.41) is 0. The van der Waals surface area contributed by atoms with Gasteiger partial charge in [-0.05, 0) is 49.9 Å². The molecule has 0 unspecified atom stereocenters. The van der Waals surface area contributed by atoms with Crippen molar-refractivity contribution in [3.63, 3.8) is 0 Å². The second kappa shape index (κ2) is 6.88. The van der Waals surface area contributed by atoms with E-state index in [-0.39, 0.29) is 5.41 Å². The van der Waals surface area contributed by atoms with E-state index >= 15 is 0 Å². The fourth-order valence-electron chi connectivity index (χ4n) is 4.96. The van der Waals surface area contributed by atoms with Crippen molar-refractivity contribution >= 4 is 5.69 Å². The van der Waals surface area contributed by atoms with Crippen LogP contribution in [0.1, 0.15) is 37.5 Å². The van der Waals surface area contributed by atoms with Crippen molar-refractivity contribution in [3.05, 3.63) is 102 Å². The first-order chi connectivity index (χ1) is 14.5. The second-order valence-electron chi connectivity index (χ2n) is 9.21. The molecule has 30 heavy (non-hydrogen) atoms. The minimum Gasteiger partial charge on any atom is -0.398 e. The number of fused-ring (bicyclic) bond motifs is 3. The Balaban J connectivity index is 1.99. The summed E-state index contributed by atoms with van der Waals surface area (Å²) in [6.45, 7) is 6.96. The summed E-state index contributed by atoms with van der Waals surface area (Å²) < 4.78 is 0. The molecule has 0 spiro atoms. The maximum absolute atomic E-state index is 7.00. The van der Waals surface area contributed by atoms with Crippen LogP contribution in [0.15, 0.2) is 84.9 Å². The summed E-state index contributed by atoms with van der Waals surface area (Å²) in [4.78, 5) is 0. The Kier molecular flexibility index (Phi) is 4.29. The van der Waals surface area contributed by atoms with Gasteiger partial charge in [-0.3, -0.25) is 0 Å². The molecular formula is C29H27N. The first-order valence-electron chi connectivity index (χ1n) is 10.6. The molecule has 0 saturated carbocycles. The van der Waals surface area contributed by atoms with Crippen LogP contribution in [-0.4, -0.2) is 0 Å². The first kappa shape index (κ1) is 18.7. The third kappa shape index (κ3) is 2.85. The largest absolute Gasteiger partial charge is 0.398 e. The molecule has 0 aliphatic heterocycles. The Morgan fingerprint density at radius 2 is 1.17 bits per heavy atom. The first-order valence-corrected chi connectivity index (χ1v) is 10.6. The topological polar surface area (TPSA) is 26.0 Å². The molecule has 0 bridgehead atoms. The smallest absolute Gasteiger partial charge is 0.0442 e. The van der Waals surface area contributed by atoms with Crippen LogP contribution in [0.3, 0.4) is 0 Å². The van der Waals surface area contributed by atoms with E-state index in [9.17, 15) is 0 Å². The zero-order valence-electron chi connectivity index (χ0n) is 17.9. The summed E-state index contributed by atoms with van der Waals surface area (Å²) >= 11 is 0. The van der Waals surface area contributed by atoms with Crippen molar-refractivity contribution in [1.82, 2.24) is 0 Å². The molecule has 148 valence electrons. The maximum atomic E-state index is 7.00. The molecule has 0 saturated heterocycles. The number of nitrogens with two attached hydrogens (primary N) is 1. The predicted octanol–water partition coefficient (Wildman–Crippen LogP) is 7.47. The van der Waals surface area contributed by atoms with Gasteiger partial charge in [0.15, 0.2) is 0 Å². The van der Waals surface area contributed by atoms with Gasteiger partial charge >= 0.3 is 0 Å². The average Bonchev–Trinajstić information content (AvgIpc) is 3.14. The van der Waals surface area contributed by atoms with E-state index < -0.39 is 0 Å². The Hall–Kier alpha value is -3.32. The molecule has 0 aromatic heterocycles. The van der Waals surface area contributed by atoms with Crippen molar-refractivity contribution < 1.29 is 0 Å². The van der Waals surface area contributed by atoms with Gasteiger partial charge in [-0.2, -0.15) is 0 Å². The van der Waals surface area contributed by atoms with Crippen LogP contribution in [-0.2, 0) is 11.8 Å². The molecule has 0 heterocycles. The van der Waals surface area contributed by atoms with Crippen molar-refractivity contribution in [1.29, 1.82) is 0 Å². The lowest BCUT2D eigenvalue weighted by molar-refractivity contribution is 0.594. The Morgan fingerprint density at radius 3 is 1.77 bits per heavy atom. The van der Waals surface area contributed by atoms with E-state index in [0.29, 0.717) is 0 Å². The van der Waals surface area contributed by atoms with Crippen LogP contribution in [0.2, 0.25) is 0 Å². The molecule has 2 N–H and O–H groups in total. The number of hydrogen-bond acceptors (Lipinski definition) is 1. The lowest BCUT2D eigenvalue weighted by atomic mass is 9.73. The normalized spacial score (nSPS) is 12.5. The highest BCUT2D eigenvalue weighted by atomic mass is 14.6. The minimum absolute atomic E-state index is 0.0378. The average molecular weight is 390 g/mol. The highest BCUT2D eigenvalue weighted by Crippen LogP contribution is 2.53. The van der Waals surface area contributed by atoms with Crippen LogP contribution < -0.4 is 5.73 Å². The number of benzene rings is 4. The minimum atomic E-state index is -0.0378. The fraction of sp³-hybridized carbons (Fsp3) is 0.172. The van der Waals surface area contributed by atoms with Gasteiger partial charge in [0.25, 0.3) is 0 Å². The predicted molar refractivity (Wildman–Crippen MR) is 129 cm³/mol. The van der Waals surface area contributed by atoms with E-state index in [2.05, 4.69) is 106 Å². The van der Waals surface area contributed by atoms with Gasteiger partial charge in [-0.25, -0.2) is 0 Å². The SMILES string of the molecule is CC(C)(C)c1c2c(c(N)c(-c3ccccc3)c1-c1ccccc1)Cc1ccccc1-2. The van der Waals surface area contributed by atoms with Crippen LogP contribution in [0.4, 0.5) is 5.69 Å². The molecule has 4 aromatic rings. The van der Waals surface area contributed by atoms with Crippen molar-refractivity contribution in [2.24, 2.45) is 0 Å². The molecule has 0 atom stereocenters. The standard InChI is InChI=1S/C29H27N/c1-29(2,3)27-24(19-12-6-4-7-13-19)25(20-14-8-5-9-15-20)28(30)23-18-21-16-10-11-17-22(21)26(23)27/h4-17H,18,30H2,1-3H3. The number of anilines is 1. The lowest BCUT2D eigenvalue weighted by Gasteiger charge is -2.31. The third-order valence-corrected chi connectivity index (χ3v) is 6.18. The molecule has 1 aliphatic carbocycles. The van der Waals surface area contributed by atoms with E-state index in [0.717, 1.165) is 12.1 Å². The van der Waals surface area contributed by atoms with Crippen LogP contribution in [0.25, 0.3) is 33.4 Å². The molecule has 1 aliphatic rings. The summed E-state index contributed by atoms with van der Waals surface area (Å²) in [5.41, 5.74) is 19.4. The number of rotatable bonds is 2. The Labute approximate surface area is 179 Å². The van der Waals surface area contributed by atoms with Crippen molar-refractivity contribution in [3.8, 4) is 33.4 Å². The van der Waals surface area contributed by atoms with Gasteiger partial charge in [0, 0.05) is 17.7 Å². The molecule has 4 aromatic carbocycles. The summed E-state index contributed by atoms with van der Waals surface area (Å²) in [6.07, 6.45) is 0.898. The molecule has 1 nitrogen and oxygen atoms in total. The zero-order chi connectivity index (χ0) is 20.9. The number of nitrogen functional groups attached to an aromatic ring is 1. The van der Waals surface area contributed by atoms with Crippen molar-refractivity contribution in [2.45, 2.75) is 32.6 Å². The van der Waals surface area contributed by atoms with E-state index in [1.54, 1.807) is 0 Å². The third-order valence-electron chi connectivity index (χ3n) is 6.18. The van der Waals surface area contributed by atoms with E-state index in [1.807, 2.05) is 0 Å². The van der Waals surface area contributed by atoms with Gasteiger partial charge in [0.05, 0.1) is 0 Å². The molecule has 0 amide bonds. The van der Waals surface area contributed by atoms with Gasteiger partial charge < -0.3 is 5.73 Å². The molecule has 0 fully saturated rings. The lowest BCUT2D eigenvalue weighted by Crippen LogP contribution is -2.17.